The highest BCUT2D eigenvalue weighted by Crippen LogP contribution is 2.34. The van der Waals surface area contributed by atoms with Crippen LogP contribution >= 0.6 is 0 Å². The smallest absolute Gasteiger partial charge is 0.258 e. The SMILES string of the molecule is CN(C)Cc1cccc2c1OCCC(C(N)=O)O2. The summed E-state index contributed by atoms with van der Waals surface area (Å²) >= 11 is 0. The second-order valence-corrected chi connectivity index (χ2v) is 4.63. The van der Waals surface area contributed by atoms with Crippen molar-refractivity contribution in [2.24, 2.45) is 5.73 Å². The highest BCUT2D eigenvalue weighted by Gasteiger charge is 2.24. The summed E-state index contributed by atoms with van der Waals surface area (Å²) in [5.41, 5.74) is 6.33. The Hall–Kier alpha value is -1.75. The van der Waals surface area contributed by atoms with E-state index in [1.54, 1.807) is 6.07 Å². The summed E-state index contributed by atoms with van der Waals surface area (Å²) in [6.45, 7) is 1.19. The van der Waals surface area contributed by atoms with E-state index in [2.05, 4.69) is 4.90 Å². The van der Waals surface area contributed by atoms with E-state index in [1.807, 2.05) is 26.2 Å². The molecule has 0 bridgehead atoms. The van der Waals surface area contributed by atoms with E-state index in [0.29, 0.717) is 18.8 Å². The van der Waals surface area contributed by atoms with Gasteiger partial charge in [0.2, 0.25) is 0 Å². The molecule has 5 heteroatoms. The zero-order valence-corrected chi connectivity index (χ0v) is 10.7. The summed E-state index contributed by atoms with van der Waals surface area (Å²) in [5.74, 6) is 0.857. The number of fused-ring (bicyclic) bond motifs is 1. The van der Waals surface area contributed by atoms with Gasteiger partial charge in [-0.3, -0.25) is 4.79 Å². The van der Waals surface area contributed by atoms with Gasteiger partial charge in [-0.15, -0.1) is 0 Å². The molecule has 0 spiro atoms. The van der Waals surface area contributed by atoms with Crippen LogP contribution in [0, 0.1) is 0 Å². The molecule has 2 N–H and O–H groups in total. The lowest BCUT2D eigenvalue weighted by molar-refractivity contribution is -0.124. The van der Waals surface area contributed by atoms with Crippen molar-refractivity contribution in [2.75, 3.05) is 20.7 Å². The maximum absolute atomic E-state index is 11.2. The lowest BCUT2D eigenvalue weighted by Crippen LogP contribution is -2.33. The number of rotatable bonds is 3. The Balaban J connectivity index is 2.30. The van der Waals surface area contributed by atoms with Gasteiger partial charge < -0.3 is 20.1 Å². The highest BCUT2D eigenvalue weighted by atomic mass is 16.5. The van der Waals surface area contributed by atoms with Crippen molar-refractivity contribution in [3.05, 3.63) is 23.8 Å². The van der Waals surface area contributed by atoms with Crippen LogP contribution in [0.4, 0.5) is 0 Å². The number of nitrogens with zero attached hydrogens (tertiary/aromatic N) is 1. The minimum atomic E-state index is -0.610. The molecule has 0 saturated heterocycles. The molecule has 1 aliphatic heterocycles. The zero-order chi connectivity index (χ0) is 13.1. The molecule has 1 atom stereocenters. The van der Waals surface area contributed by atoms with Crippen molar-refractivity contribution in [1.29, 1.82) is 0 Å². The molecule has 1 amide bonds. The highest BCUT2D eigenvalue weighted by molar-refractivity contribution is 5.79. The molecule has 2 rings (SSSR count). The largest absolute Gasteiger partial charge is 0.489 e. The van der Waals surface area contributed by atoms with Crippen molar-refractivity contribution in [3.8, 4) is 11.5 Å². The van der Waals surface area contributed by atoms with Crippen molar-refractivity contribution in [1.82, 2.24) is 4.90 Å². The average molecular weight is 250 g/mol. The molecule has 0 aromatic heterocycles. The molecule has 0 radical (unpaired) electrons. The molecule has 1 aromatic rings. The summed E-state index contributed by atoms with van der Waals surface area (Å²) in [4.78, 5) is 13.3. The van der Waals surface area contributed by atoms with E-state index in [4.69, 9.17) is 15.2 Å². The molecule has 1 heterocycles. The fourth-order valence-electron chi connectivity index (χ4n) is 1.96. The summed E-state index contributed by atoms with van der Waals surface area (Å²) in [6, 6.07) is 5.69. The summed E-state index contributed by atoms with van der Waals surface area (Å²) < 4.78 is 11.3. The fourth-order valence-corrected chi connectivity index (χ4v) is 1.96. The Labute approximate surface area is 106 Å². The third-order valence-electron chi connectivity index (χ3n) is 2.76. The van der Waals surface area contributed by atoms with E-state index in [0.717, 1.165) is 17.9 Å². The van der Waals surface area contributed by atoms with Gasteiger partial charge in [0.1, 0.15) is 0 Å². The van der Waals surface area contributed by atoms with E-state index < -0.39 is 12.0 Å². The third kappa shape index (κ3) is 2.73. The fraction of sp³-hybridized carbons (Fsp3) is 0.462. The van der Waals surface area contributed by atoms with Crippen molar-refractivity contribution in [3.63, 3.8) is 0 Å². The van der Waals surface area contributed by atoms with Crippen molar-refractivity contribution in [2.45, 2.75) is 19.1 Å². The van der Waals surface area contributed by atoms with E-state index in [9.17, 15) is 4.79 Å². The minimum absolute atomic E-state index is 0.436. The van der Waals surface area contributed by atoms with Crippen molar-refractivity contribution < 1.29 is 14.3 Å². The molecule has 0 aliphatic carbocycles. The average Bonchev–Trinajstić information content (AvgIpc) is 2.51. The number of hydrogen-bond donors (Lipinski definition) is 1. The second kappa shape index (κ2) is 5.27. The molecular weight excluding hydrogens is 232 g/mol. The zero-order valence-electron chi connectivity index (χ0n) is 10.7. The van der Waals surface area contributed by atoms with Crippen LogP contribution in [0.1, 0.15) is 12.0 Å². The summed E-state index contributed by atoms with van der Waals surface area (Å²) in [6.07, 6.45) is -0.133. The number of carbonyl (C=O) groups is 1. The molecular formula is C13H18N2O3. The molecule has 0 fully saturated rings. The topological polar surface area (TPSA) is 64.8 Å². The van der Waals surface area contributed by atoms with Crippen LogP contribution in [-0.4, -0.2) is 37.6 Å². The summed E-state index contributed by atoms with van der Waals surface area (Å²) in [5, 5.41) is 0. The Bertz CT molecular complexity index is 446. The first-order valence-corrected chi connectivity index (χ1v) is 5.93. The standard InChI is InChI=1S/C13H18N2O3/c1-15(2)8-9-4-3-5-10-12(9)17-7-6-11(18-10)13(14)16/h3-5,11H,6-8H2,1-2H3,(H2,14,16). The quantitative estimate of drug-likeness (QED) is 0.860. The third-order valence-corrected chi connectivity index (χ3v) is 2.76. The van der Waals surface area contributed by atoms with Gasteiger partial charge in [-0.1, -0.05) is 12.1 Å². The van der Waals surface area contributed by atoms with Gasteiger partial charge in [0, 0.05) is 18.5 Å². The van der Waals surface area contributed by atoms with Gasteiger partial charge in [0.05, 0.1) is 6.61 Å². The number of amides is 1. The molecule has 0 saturated carbocycles. The number of para-hydroxylation sites is 1. The molecule has 5 nitrogen and oxygen atoms in total. The normalized spacial score (nSPS) is 18.5. The van der Waals surface area contributed by atoms with Crippen LogP contribution < -0.4 is 15.2 Å². The molecule has 18 heavy (non-hydrogen) atoms. The Morgan fingerprint density at radius 2 is 2.28 bits per heavy atom. The number of nitrogens with two attached hydrogens (primary N) is 1. The van der Waals surface area contributed by atoms with E-state index >= 15 is 0 Å². The number of hydrogen-bond acceptors (Lipinski definition) is 4. The van der Waals surface area contributed by atoms with Gasteiger partial charge in [-0.2, -0.15) is 0 Å². The Morgan fingerprint density at radius 1 is 1.50 bits per heavy atom. The van der Waals surface area contributed by atoms with Gasteiger partial charge in [-0.25, -0.2) is 0 Å². The van der Waals surface area contributed by atoms with Crippen molar-refractivity contribution >= 4 is 5.91 Å². The lowest BCUT2D eigenvalue weighted by Gasteiger charge is -2.16. The Kier molecular flexibility index (Phi) is 3.72. The predicted molar refractivity (Wildman–Crippen MR) is 67.6 cm³/mol. The van der Waals surface area contributed by atoms with Crippen LogP contribution in [0.15, 0.2) is 18.2 Å². The lowest BCUT2D eigenvalue weighted by atomic mass is 10.1. The first-order chi connectivity index (χ1) is 8.58. The van der Waals surface area contributed by atoms with Gasteiger partial charge >= 0.3 is 0 Å². The number of carbonyl (C=O) groups excluding carboxylic acids is 1. The molecule has 1 aliphatic rings. The first kappa shape index (κ1) is 12.7. The van der Waals surface area contributed by atoms with Crippen LogP contribution in [-0.2, 0) is 11.3 Å². The van der Waals surface area contributed by atoms with Crippen LogP contribution in [0.3, 0.4) is 0 Å². The van der Waals surface area contributed by atoms with E-state index in [1.165, 1.54) is 0 Å². The van der Waals surface area contributed by atoms with Crippen LogP contribution in [0.25, 0.3) is 0 Å². The molecule has 1 unspecified atom stereocenters. The monoisotopic (exact) mass is 250 g/mol. The van der Waals surface area contributed by atoms with Gasteiger partial charge in [0.25, 0.3) is 5.91 Å². The number of primary amides is 1. The van der Waals surface area contributed by atoms with Gasteiger partial charge in [0.15, 0.2) is 17.6 Å². The van der Waals surface area contributed by atoms with Gasteiger partial charge in [-0.05, 0) is 20.2 Å². The Morgan fingerprint density at radius 3 is 2.94 bits per heavy atom. The maximum atomic E-state index is 11.2. The molecule has 98 valence electrons. The predicted octanol–water partition coefficient (Wildman–Crippen LogP) is 0.763. The second-order valence-electron chi connectivity index (χ2n) is 4.63. The first-order valence-electron chi connectivity index (χ1n) is 5.93. The van der Waals surface area contributed by atoms with Crippen LogP contribution in [0.5, 0.6) is 11.5 Å². The minimum Gasteiger partial charge on any atom is -0.489 e. The molecule has 1 aromatic carbocycles. The summed E-state index contributed by atoms with van der Waals surface area (Å²) in [7, 11) is 3.98. The van der Waals surface area contributed by atoms with E-state index in [-0.39, 0.29) is 0 Å². The number of benzene rings is 1. The van der Waals surface area contributed by atoms with Crippen LogP contribution in [0.2, 0.25) is 0 Å². The number of ether oxygens (including phenoxy) is 2. The maximum Gasteiger partial charge on any atom is 0.258 e.